The van der Waals surface area contributed by atoms with Gasteiger partial charge in [0.15, 0.2) is 0 Å². The third kappa shape index (κ3) is 2.87. The van der Waals surface area contributed by atoms with E-state index in [1.165, 1.54) is 0 Å². The molecule has 26 heavy (non-hydrogen) atoms. The van der Waals surface area contributed by atoms with Crippen molar-refractivity contribution in [3.05, 3.63) is 35.7 Å². The van der Waals surface area contributed by atoms with Crippen LogP contribution in [0.4, 0.5) is 0 Å². The molecule has 1 N–H and O–H groups in total. The molecule has 1 saturated heterocycles. The Morgan fingerprint density at radius 3 is 2.81 bits per heavy atom. The van der Waals surface area contributed by atoms with Crippen molar-refractivity contribution in [1.82, 2.24) is 15.0 Å². The zero-order valence-corrected chi connectivity index (χ0v) is 14.6. The van der Waals surface area contributed by atoms with Gasteiger partial charge in [-0.25, -0.2) is 4.79 Å². The topological polar surface area (TPSA) is 96.5 Å². The largest absolute Gasteiger partial charge is 0.480 e. The number of hydrogen-bond donors (Lipinski definition) is 1. The number of carbonyl (C=O) groups excluding carboxylic acids is 1. The highest BCUT2D eigenvalue weighted by atomic mass is 16.5. The van der Waals surface area contributed by atoms with E-state index in [-0.39, 0.29) is 17.9 Å². The highest BCUT2D eigenvalue weighted by molar-refractivity contribution is 5.98. The molecule has 1 aromatic heterocycles. The average molecular weight is 355 g/mol. The van der Waals surface area contributed by atoms with E-state index in [4.69, 9.17) is 4.52 Å². The zero-order valence-electron chi connectivity index (χ0n) is 14.6. The summed E-state index contributed by atoms with van der Waals surface area (Å²) in [5.74, 6) is 0.0135. The summed E-state index contributed by atoms with van der Waals surface area (Å²) in [5, 5.41) is 13.5. The van der Waals surface area contributed by atoms with Crippen molar-refractivity contribution in [2.45, 2.75) is 51.1 Å². The van der Waals surface area contributed by atoms with Crippen LogP contribution >= 0.6 is 0 Å². The molecule has 2 aliphatic rings. The molecule has 4 rings (SSSR count). The molecular weight excluding hydrogens is 334 g/mol. The molecule has 0 spiro atoms. The highest BCUT2D eigenvalue weighted by Crippen LogP contribution is 2.40. The molecule has 1 aliphatic carbocycles. The number of carboxylic acid groups (broad SMARTS) is 1. The number of rotatable bonds is 3. The van der Waals surface area contributed by atoms with Crippen LogP contribution in [0, 0.1) is 12.8 Å². The standard InChI is InChI=1S/C19H21N3O4/c1-11-20-17(21-26-11)13-6-4-7-14(9-13)18(23)22-15-8-3-2-5-12(15)10-16(22)19(24)25/h4,6-7,9,12,15-16H,2-3,5,8,10H2,1H3,(H,24,25)/t12-,15+,16+/m1/s1. The SMILES string of the molecule is Cc1nc(-c2cccc(C(=O)N3[C@H](C(=O)O)C[C@H]4CCCC[C@@H]43)c2)no1. The van der Waals surface area contributed by atoms with Gasteiger partial charge in [0.05, 0.1) is 0 Å². The summed E-state index contributed by atoms with van der Waals surface area (Å²) in [6, 6.07) is 6.28. The fourth-order valence-corrected chi connectivity index (χ4v) is 4.33. The van der Waals surface area contributed by atoms with Gasteiger partial charge in [-0.1, -0.05) is 30.1 Å². The number of benzene rings is 1. The smallest absolute Gasteiger partial charge is 0.326 e. The van der Waals surface area contributed by atoms with Gasteiger partial charge in [0, 0.05) is 24.1 Å². The molecule has 0 unspecified atom stereocenters. The summed E-state index contributed by atoms with van der Waals surface area (Å²) in [6.45, 7) is 1.70. The maximum atomic E-state index is 13.2. The van der Waals surface area contributed by atoms with Crippen LogP contribution in [0.3, 0.4) is 0 Å². The first-order chi connectivity index (χ1) is 12.5. The summed E-state index contributed by atoms with van der Waals surface area (Å²) in [7, 11) is 0. The fourth-order valence-electron chi connectivity index (χ4n) is 4.33. The predicted octanol–water partition coefficient (Wildman–Crippen LogP) is 2.90. The van der Waals surface area contributed by atoms with Crippen LogP contribution in [-0.2, 0) is 4.79 Å². The Bertz CT molecular complexity index is 847. The van der Waals surface area contributed by atoms with Gasteiger partial charge in [-0.2, -0.15) is 4.98 Å². The second kappa shape index (κ2) is 6.55. The summed E-state index contributed by atoms with van der Waals surface area (Å²) < 4.78 is 5.00. The van der Waals surface area contributed by atoms with Crippen molar-refractivity contribution < 1.29 is 19.2 Å². The van der Waals surface area contributed by atoms with E-state index in [9.17, 15) is 14.7 Å². The van der Waals surface area contributed by atoms with Crippen molar-refractivity contribution in [2.24, 2.45) is 5.92 Å². The third-order valence-corrected chi connectivity index (χ3v) is 5.50. The minimum Gasteiger partial charge on any atom is -0.480 e. The number of carbonyl (C=O) groups is 2. The Kier molecular flexibility index (Phi) is 4.22. The number of amides is 1. The third-order valence-electron chi connectivity index (χ3n) is 5.50. The monoisotopic (exact) mass is 355 g/mol. The summed E-state index contributed by atoms with van der Waals surface area (Å²) in [5.41, 5.74) is 1.14. The second-order valence-corrected chi connectivity index (χ2v) is 7.13. The Hall–Kier alpha value is -2.70. The van der Waals surface area contributed by atoms with Gasteiger partial charge in [0.25, 0.3) is 5.91 Å². The summed E-state index contributed by atoms with van der Waals surface area (Å²) in [6.07, 6.45) is 4.58. The Balaban J connectivity index is 1.66. The number of likely N-dealkylation sites (tertiary alicyclic amines) is 1. The van der Waals surface area contributed by atoms with Gasteiger partial charge in [0.1, 0.15) is 6.04 Å². The van der Waals surface area contributed by atoms with Gasteiger partial charge < -0.3 is 14.5 Å². The van der Waals surface area contributed by atoms with E-state index in [2.05, 4.69) is 10.1 Å². The van der Waals surface area contributed by atoms with Crippen molar-refractivity contribution in [2.75, 3.05) is 0 Å². The molecule has 2 fully saturated rings. The average Bonchev–Trinajstić information content (AvgIpc) is 3.25. The van der Waals surface area contributed by atoms with E-state index >= 15 is 0 Å². The van der Waals surface area contributed by atoms with E-state index in [0.717, 1.165) is 25.7 Å². The molecule has 0 radical (unpaired) electrons. The van der Waals surface area contributed by atoms with Crippen LogP contribution in [0.1, 0.15) is 48.4 Å². The molecule has 7 nitrogen and oxygen atoms in total. The molecule has 1 amide bonds. The predicted molar refractivity (Wildman–Crippen MR) is 92.4 cm³/mol. The van der Waals surface area contributed by atoms with Crippen LogP contribution in [-0.4, -0.2) is 44.1 Å². The molecule has 1 saturated carbocycles. The van der Waals surface area contributed by atoms with E-state index in [0.29, 0.717) is 29.3 Å². The molecule has 136 valence electrons. The van der Waals surface area contributed by atoms with Crippen LogP contribution < -0.4 is 0 Å². The van der Waals surface area contributed by atoms with Gasteiger partial charge in [-0.3, -0.25) is 4.79 Å². The van der Waals surface area contributed by atoms with Crippen LogP contribution in [0.25, 0.3) is 11.4 Å². The lowest BCUT2D eigenvalue weighted by Crippen LogP contribution is -2.46. The number of hydrogen-bond acceptors (Lipinski definition) is 5. The number of aliphatic carboxylic acids is 1. The molecule has 2 heterocycles. The van der Waals surface area contributed by atoms with Gasteiger partial charge >= 0.3 is 5.97 Å². The number of fused-ring (bicyclic) bond motifs is 1. The molecule has 1 aromatic carbocycles. The van der Waals surface area contributed by atoms with Crippen LogP contribution in [0.15, 0.2) is 28.8 Å². The second-order valence-electron chi connectivity index (χ2n) is 7.13. The number of aromatic nitrogens is 2. The maximum Gasteiger partial charge on any atom is 0.326 e. The van der Waals surface area contributed by atoms with Gasteiger partial charge in [-0.05, 0) is 37.3 Å². The van der Waals surface area contributed by atoms with Crippen molar-refractivity contribution in [1.29, 1.82) is 0 Å². The molecule has 7 heteroatoms. The lowest BCUT2D eigenvalue weighted by Gasteiger charge is -2.33. The van der Waals surface area contributed by atoms with E-state index < -0.39 is 12.0 Å². The molecule has 0 bridgehead atoms. The zero-order chi connectivity index (χ0) is 18.3. The van der Waals surface area contributed by atoms with Crippen LogP contribution in [0.2, 0.25) is 0 Å². The lowest BCUT2D eigenvalue weighted by molar-refractivity contribution is -0.141. The van der Waals surface area contributed by atoms with Gasteiger partial charge in [-0.15, -0.1) is 0 Å². The lowest BCUT2D eigenvalue weighted by atomic mass is 9.84. The fraction of sp³-hybridized carbons (Fsp3) is 0.474. The number of aryl methyl sites for hydroxylation is 1. The minimum absolute atomic E-state index is 0.0217. The Morgan fingerprint density at radius 2 is 2.08 bits per heavy atom. The Morgan fingerprint density at radius 1 is 1.27 bits per heavy atom. The quantitative estimate of drug-likeness (QED) is 0.909. The number of nitrogens with zero attached hydrogens (tertiary/aromatic N) is 3. The summed E-state index contributed by atoms with van der Waals surface area (Å²) >= 11 is 0. The van der Waals surface area contributed by atoms with Crippen LogP contribution in [0.5, 0.6) is 0 Å². The van der Waals surface area contributed by atoms with E-state index in [1.54, 1.807) is 30.0 Å². The first-order valence-corrected chi connectivity index (χ1v) is 9.01. The minimum atomic E-state index is -0.919. The molecular formula is C19H21N3O4. The normalized spacial score (nSPS) is 25.1. The number of carboxylic acids is 1. The first kappa shape index (κ1) is 16.8. The Labute approximate surface area is 151 Å². The molecule has 1 aliphatic heterocycles. The van der Waals surface area contributed by atoms with E-state index in [1.807, 2.05) is 6.07 Å². The molecule has 2 aromatic rings. The maximum absolute atomic E-state index is 13.2. The van der Waals surface area contributed by atoms with Crippen molar-refractivity contribution in [3.63, 3.8) is 0 Å². The summed E-state index contributed by atoms with van der Waals surface area (Å²) in [4.78, 5) is 30.8. The highest BCUT2D eigenvalue weighted by Gasteiger charge is 2.47. The van der Waals surface area contributed by atoms with Gasteiger partial charge in [0.2, 0.25) is 11.7 Å². The van der Waals surface area contributed by atoms with Crippen molar-refractivity contribution >= 4 is 11.9 Å². The van der Waals surface area contributed by atoms with Crippen molar-refractivity contribution in [3.8, 4) is 11.4 Å². The first-order valence-electron chi connectivity index (χ1n) is 9.01. The molecule has 3 atom stereocenters.